The van der Waals surface area contributed by atoms with Crippen LogP contribution in [-0.2, 0) is 21.3 Å². The number of hydrogen-bond donors (Lipinski definition) is 1. The number of esters is 1. The van der Waals surface area contributed by atoms with Crippen LogP contribution in [0.2, 0.25) is 0 Å². The van der Waals surface area contributed by atoms with Crippen molar-refractivity contribution in [3.63, 3.8) is 0 Å². The predicted molar refractivity (Wildman–Crippen MR) is 119 cm³/mol. The Balaban J connectivity index is 1.99. The molecule has 3 aromatic rings. The molecule has 2 aromatic heterocycles. The fourth-order valence-electron chi connectivity index (χ4n) is 3.49. The van der Waals surface area contributed by atoms with Crippen molar-refractivity contribution >= 4 is 21.8 Å². The molecule has 8 nitrogen and oxygen atoms in total. The summed E-state index contributed by atoms with van der Waals surface area (Å²) >= 11 is 0. The van der Waals surface area contributed by atoms with Gasteiger partial charge in [0.1, 0.15) is 5.69 Å². The number of rotatable bonds is 8. The number of methoxy groups -OCH3 is 1. The Kier molecular flexibility index (Phi) is 6.90. The summed E-state index contributed by atoms with van der Waals surface area (Å²) < 4.78 is 32.7. The van der Waals surface area contributed by atoms with Gasteiger partial charge in [-0.3, -0.25) is 9.78 Å². The van der Waals surface area contributed by atoms with Gasteiger partial charge in [-0.15, -0.1) is 0 Å². The molecule has 0 saturated heterocycles. The van der Waals surface area contributed by atoms with E-state index >= 15 is 0 Å². The van der Waals surface area contributed by atoms with E-state index < -0.39 is 28.3 Å². The summed E-state index contributed by atoms with van der Waals surface area (Å²) in [6.07, 6.45) is 3.13. The zero-order valence-corrected chi connectivity index (χ0v) is 19.2. The maximum Gasteiger partial charge on any atom is 0.354 e. The quantitative estimate of drug-likeness (QED) is 0.413. The molecule has 0 saturated carbocycles. The zero-order valence-electron chi connectivity index (χ0n) is 18.4. The van der Waals surface area contributed by atoms with E-state index in [0.717, 1.165) is 9.87 Å². The summed E-state index contributed by atoms with van der Waals surface area (Å²) in [6, 6.07) is 9.87. The molecular weight excluding hydrogens is 430 g/mol. The maximum absolute atomic E-state index is 13.4. The molecule has 0 unspecified atom stereocenters. The fourth-order valence-corrected chi connectivity index (χ4v) is 4.88. The van der Waals surface area contributed by atoms with E-state index in [4.69, 9.17) is 4.74 Å². The van der Waals surface area contributed by atoms with Crippen molar-refractivity contribution in [1.82, 2.24) is 14.3 Å². The molecule has 1 N–H and O–H groups in total. The number of aryl methyl sites for hydroxylation is 2. The fraction of sp³-hybridized carbons (Fsp3) is 0.261. The molecule has 0 spiro atoms. The Morgan fingerprint density at radius 1 is 1.03 bits per heavy atom. The lowest BCUT2D eigenvalue weighted by Crippen LogP contribution is -2.35. The monoisotopic (exact) mass is 455 g/mol. The van der Waals surface area contributed by atoms with Gasteiger partial charge in [-0.05, 0) is 56.2 Å². The number of aromatic amines is 1. The molecule has 0 bridgehead atoms. The van der Waals surface area contributed by atoms with Crippen molar-refractivity contribution in [2.45, 2.75) is 32.2 Å². The minimum absolute atomic E-state index is 0.00313. The van der Waals surface area contributed by atoms with E-state index in [0.29, 0.717) is 16.8 Å². The number of pyridine rings is 1. The molecule has 9 heteroatoms. The minimum Gasteiger partial charge on any atom is -0.464 e. The van der Waals surface area contributed by atoms with Crippen molar-refractivity contribution in [3.8, 4) is 0 Å². The van der Waals surface area contributed by atoms with Gasteiger partial charge < -0.3 is 9.72 Å². The molecular formula is C23H25N3O5S. The van der Waals surface area contributed by atoms with Crippen LogP contribution in [-0.4, -0.2) is 48.1 Å². The van der Waals surface area contributed by atoms with Crippen molar-refractivity contribution in [3.05, 3.63) is 82.4 Å². The Labute approximate surface area is 187 Å². The minimum atomic E-state index is -3.97. The lowest BCUT2D eigenvalue weighted by atomic mass is 10.1. The first-order chi connectivity index (χ1) is 15.1. The highest BCUT2D eigenvalue weighted by Crippen LogP contribution is 2.23. The van der Waals surface area contributed by atoms with E-state index in [1.165, 1.54) is 19.2 Å². The number of ketones is 1. The number of Topliss-reactive ketones (excluding diaryl/α,β-unsaturated/α-hetero) is 1. The molecule has 0 aliphatic rings. The topological polar surface area (TPSA) is 109 Å². The van der Waals surface area contributed by atoms with Crippen LogP contribution >= 0.6 is 0 Å². The van der Waals surface area contributed by atoms with Crippen LogP contribution in [0.25, 0.3) is 0 Å². The zero-order chi connectivity index (χ0) is 23.5. The molecule has 0 aliphatic carbocycles. The second kappa shape index (κ2) is 9.46. The summed E-state index contributed by atoms with van der Waals surface area (Å²) in [5, 5.41) is 0. The predicted octanol–water partition coefficient (Wildman–Crippen LogP) is 3.20. The van der Waals surface area contributed by atoms with Crippen LogP contribution in [0.15, 0.2) is 53.7 Å². The van der Waals surface area contributed by atoms with Crippen LogP contribution in [0, 0.1) is 20.8 Å². The number of ether oxygens (including phenoxy) is 1. The van der Waals surface area contributed by atoms with Gasteiger partial charge in [-0.25, -0.2) is 13.2 Å². The number of nitrogens with one attached hydrogen (secondary N) is 1. The molecule has 32 heavy (non-hydrogen) atoms. The molecule has 0 radical (unpaired) electrons. The molecule has 0 atom stereocenters. The Bertz CT molecular complexity index is 1230. The number of nitrogens with zero attached hydrogens (tertiary/aromatic N) is 2. The highest BCUT2D eigenvalue weighted by molar-refractivity contribution is 7.89. The lowest BCUT2D eigenvalue weighted by Gasteiger charge is -2.22. The van der Waals surface area contributed by atoms with Crippen molar-refractivity contribution in [2.75, 3.05) is 13.7 Å². The van der Waals surface area contributed by atoms with Gasteiger partial charge in [-0.1, -0.05) is 17.7 Å². The Morgan fingerprint density at radius 3 is 2.25 bits per heavy atom. The molecule has 3 rings (SSSR count). The number of aromatic nitrogens is 2. The van der Waals surface area contributed by atoms with Crippen molar-refractivity contribution < 1.29 is 22.7 Å². The van der Waals surface area contributed by atoms with Crippen LogP contribution in [0.5, 0.6) is 0 Å². The third kappa shape index (κ3) is 4.79. The average molecular weight is 456 g/mol. The van der Waals surface area contributed by atoms with Crippen molar-refractivity contribution in [2.24, 2.45) is 0 Å². The van der Waals surface area contributed by atoms with Gasteiger partial charge in [0.15, 0.2) is 5.78 Å². The first-order valence-electron chi connectivity index (χ1n) is 9.91. The standard InChI is InChI=1S/C23H25N3O5S/c1-15-5-7-19(8-6-15)32(29,30)26(13-18-9-11-24-12-10-18)14-20(27)21-16(2)22(23(28)31-4)25-17(21)3/h5-12,25H,13-14H2,1-4H3. The number of H-pyrrole nitrogens is 1. The van der Waals surface area contributed by atoms with E-state index in [1.54, 1.807) is 50.5 Å². The summed E-state index contributed by atoms with van der Waals surface area (Å²) in [4.78, 5) is 32.2. The van der Waals surface area contributed by atoms with Crippen LogP contribution in [0.1, 0.15) is 43.2 Å². The van der Waals surface area contributed by atoms with Crippen LogP contribution < -0.4 is 0 Å². The average Bonchev–Trinajstić information content (AvgIpc) is 3.07. The van der Waals surface area contributed by atoms with Crippen LogP contribution in [0.4, 0.5) is 0 Å². The Hall–Kier alpha value is -3.30. The SMILES string of the molecule is COC(=O)c1[nH]c(C)c(C(=O)CN(Cc2ccncc2)S(=O)(=O)c2ccc(C)cc2)c1C. The number of carbonyl (C=O) groups excluding carboxylic acids is 2. The molecule has 2 heterocycles. The first-order valence-corrected chi connectivity index (χ1v) is 11.4. The lowest BCUT2D eigenvalue weighted by molar-refractivity contribution is 0.0594. The Morgan fingerprint density at radius 2 is 1.66 bits per heavy atom. The number of hydrogen-bond acceptors (Lipinski definition) is 6. The van der Waals surface area contributed by atoms with E-state index in [1.807, 2.05) is 6.92 Å². The normalized spacial score (nSPS) is 11.5. The molecule has 168 valence electrons. The number of carbonyl (C=O) groups is 2. The highest BCUT2D eigenvalue weighted by Gasteiger charge is 2.30. The third-order valence-electron chi connectivity index (χ3n) is 5.19. The van der Waals surface area contributed by atoms with E-state index in [-0.39, 0.29) is 22.7 Å². The highest BCUT2D eigenvalue weighted by atomic mass is 32.2. The largest absolute Gasteiger partial charge is 0.464 e. The number of benzene rings is 1. The maximum atomic E-state index is 13.4. The van der Waals surface area contributed by atoms with E-state index in [2.05, 4.69) is 9.97 Å². The summed E-state index contributed by atoms with van der Waals surface area (Å²) in [7, 11) is -2.71. The number of sulfonamides is 1. The first kappa shape index (κ1) is 23.4. The molecule has 0 fully saturated rings. The summed E-state index contributed by atoms with van der Waals surface area (Å²) in [5.41, 5.74) is 2.98. The third-order valence-corrected chi connectivity index (χ3v) is 7.00. The molecule has 1 aromatic carbocycles. The second-order valence-corrected chi connectivity index (χ2v) is 9.42. The summed E-state index contributed by atoms with van der Waals surface area (Å²) in [6.45, 7) is 4.76. The van der Waals surface area contributed by atoms with E-state index in [9.17, 15) is 18.0 Å². The van der Waals surface area contributed by atoms with Crippen molar-refractivity contribution in [1.29, 1.82) is 0 Å². The second-order valence-electron chi connectivity index (χ2n) is 7.48. The van der Waals surface area contributed by atoms with Gasteiger partial charge in [-0.2, -0.15) is 4.31 Å². The van der Waals surface area contributed by atoms with Gasteiger partial charge in [0.05, 0.1) is 18.6 Å². The van der Waals surface area contributed by atoms with Gasteiger partial charge in [0.25, 0.3) is 0 Å². The van der Waals surface area contributed by atoms with Gasteiger partial charge in [0, 0.05) is 30.2 Å². The van der Waals surface area contributed by atoms with Gasteiger partial charge in [0.2, 0.25) is 10.0 Å². The molecule has 0 aliphatic heterocycles. The smallest absolute Gasteiger partial charge is 0.354 e. The summed E-state index contributed by atoms with van der Waals surface area (Å²) in [5.74, 6) is -1.01. The molecule has 0 amide bonds. The van der Waals surface area contributed by atoms with Crippen LogP contribution in [0.3, 0.4) is 0 Å². The van der Waals surface area contributed by atoms with Gasteiger partial charge >= 0.3 is 5.97 Å².